The van der Waals surface area contributed by atoms with E-state index in [-0.39, 0.29) is 11.3 Å². The van der Waals surface area contributed by atoms with Crippen LogP contribution < -0.4 is 10.1 Å². The highest BCUT2D eigenvalue weighted by atomic mass is 16.5. The first-order valence-corrected chi connectivity index (χ1v) is 9.27. The van der Waals surface area contributed by atoms with Gasteiger partial charge in [-0.15, -0.1) is 0 Å². The Kier molecular flexibility index (Phi) is 5.97. The van der Waals surface area contributed by atoms with Gasteiger partial charge in [0.05, 0.1) is 11.1 Å². The predicted molar refractivity (Wildman–Crippen MR) is 108 cm³/mol. The third-order valence-corrected chi connectivity index (χ3v) is 4.71. The molecular formula is C22H22N2O5. The number of carbonyl (C=O) groups is 3. The van der Waals surface area contributed by atoms with Gasteiger partial charge in [0, 0.05) is 25.4 Å². The van der Waals surface area contributed by atoms with Crippen molar-refractivity contribution in [1.82, 2.24) is 9.72 Å². The summed E-state index contributed by atoms with van der Waals surface area (Å²) in [6.07, 6.45) is 2.87. The van der Waals surface area contributed by atoms with Gasteiger partial charge >= 0.3 is 5.97 Å². The summed E-state index contributed by atoms with van der Waals surface area (Å²) in [5.74, 6) is -2.28. The van der Waals surface area contributed by atoms with Crippen LogP contribution in [0.25, 0.3) is 5.52 Å². The summed E-state index contributed by atoms with van der Waals surface area (Å²) in [4.78, 5) is 36.1. The van der Waals surface area contributed by atoms with Crippen molar-refractivity contribution >= 4 is 23.2 Å². The van der Waals surface area contributed by atoms with Gasteiger partial charge in [0.2, 0.25) is 0 Å². The number of hydrogen-bond acceptors (Lipinski definition) is 4. The van der Waals surface area contributed by atoms with Gasteiger partial charge in [-0.3, -0.25) is 9.59 Å². The fourth-order valence-corrected chi connectivity index (χ4v) is 3.48. The van der Waals surface area contributed by atoms with Gasteiger partial charge in [0.1, 0.15) is 5.75 Å². The summed E-state index contributed by atoms with van der Waals surface area (Å²) in [6.45, 7) is 1.37. The van der Waals surface area contributed by atoms with Crippen molar-refractivity contribution in [2.24, 2.45) is 0 Å². The zero-order chi connectivity index (χ0) is 21.0. The van der Waals surface area contributed by atoms with Crippen LogP contribution >= 0.6 is 0 Å². The molecule has 0 aliphatic rings. The third-order valence-electron chi connectivity index (χ3n) is 4.71. The molecule has 3 rings (SSSR count). The van der Waals surface area contributed by atoms with Crippen LogP contribution in [0.3, 0.4) is 0 Å². The highest BCUT2D eigenvalue weighted by molar-refractivity contribution is 6.44. The largest absolute Gasteiger partial charge is 0.480 e. The Balaban J connectivity index is 2.27. The smallest absolute Gasteiger partial charge is 0.341 e. The Morgan fingerprint density at radius 2 is 1.83 bits per heavy atom. The number of aliphatic carboxylic acids is 1. The first kappa shape index (κ1) is 20.1. The average Bonchev–Trinajstić information content (AvgIpc) is 3.05. The van der Waals surface area contributed by atoms with Gasteiger partial charge in [0.25, 0.3) is 11.7 Å². The number of Topliss-reactive ketones (excluding diaryl/α,β-unsaturated/α-hetero) is 1. The normalized spacial score (nSPS) is 10.7. The summed E-state index contributed by atoms with van der Waals surface area (Å²) in [5.41, 5.74) is 3.32. The maximum absolute atomic E-state index is 12.9. The number of rotatable bonds is 8. The minimum atomic E-state index is -1.13. The van der Waals surface area contributed by atoms with Crippen molar-refractivity contribution in [1.29, 1.82) is 0 Å². The van der Waals surface area contributed by atoms with Crippen LogP contribution in [-0.2, 0) is 22.4 Å². The predicted octanol–water partition coefficient (Wildman–Crippen LogP) is 2.48. The molecule has 0 unspecified atom stereocenters. The van der Waals surface area contributed by atoms with Crippen molar-refractivity contribution in [3.05, 3.63) is 71.0 Å². The molecule has 0 bridgehead atoms. The molecule has 7 heteroatoms. The number of pyridine rings is 1. The number of hydrogen-bond donors (Lipinski definition) is 2. The topological polar surface area (TPSA) is 97.1 Å². The fourth-order valence-electron chi connectivity index (χ4n) is 3.48. The number of likely N-dealkylation sites (N-methyl/N-ethyl adjacent to an activating group) is 1. The summed E-state index contributed by atoms with van der Waals surface area (Å²) in [6, 6.07) is 13.1. The monoisotopic (exact) mass is 394 g/mol. The fraction of sp³-hybridized carbons (Fsp3) is 0.227. The minimum Gasteiger partial charge on any atom is -0.480 e. The molecule has 29 heavy (non-hydrogen) atoms. The molecule has 0 atom stereocenters. The number of nitrogens with zero attached hydrogens (tertiary/aromatic N) is 1. The van der Waals surface area contributed by atoms with Gasteiger partial charge in [-0.25, -0.2) is 4.79 Å². The standard InChI is InChI=1S/C22H22N2O5/c1-3-15-16(12-14-8-5-4-6-9-14)24-11-7-10-17(29-13-18(25)26)20(24)19(15)21(27)22(28)23-2/h4-11H,3,12-13H2,1-2H3,(H,23,28)(H,25,26). The van der Waals surface area contributed by atoms with Crippen LogP contribution in [0.15, 0.2) is 48.7 Å². The van der Waals surface area contributed by atoms with E-state index in [9.17, 15) is 14.4 Å². The number of carboxylic acids is 1. The molecule has 0 radical (unpaired) electrons. The van der Waals surface area contributed by atoms with Crippen molar-refractivity contribution in [2.75, 3.05) is 13.7 Å². The number of ketones is 1. The molecule has 0 fully saturated rings. The summed E-state index contributed by atoms with van der Waals surface area (Å²) in [7, 11) is 1.40. The van der Waals surface area contributed by atoms with Gasteiger partial charge in [-0.1, -0.05) is 37.3 Å². The van der Waals surface area contributed by atoms with Crippen LogP contribution in [-0.4, -0.2) is 40.8 Å². The Labute approximate surface area is 167 Å². The van der Waals surface area contributed by atoms with E-state index in [1.165, 1.54) is 7.05 Å². The van der Waals surface area contributed by atoms with Gasteiger partial charge in [-0.2, -0.15) is 0 Å². The van der Waals surface area contributed by atoms with Crippen molar-refractivity contribution in [3.8, 4) is 5.75 Å². The highest BCUT2D eigenvalue weighted by Crippen LogP contribution is 2.33. The molecule has 2 N–H and O–H groups in total. The summed E-state index contributed by atoms with van der Waals surface area (Å²) < 4.78 is 7.26. The second-order valence-electron chi connectivity index (χ2n) is 6.50. The lowest BCUT2D eigenvalue weighted by atomic mass is 9.99. The molecule has 0 aliphatic heterocycles. The maximum atomic E-state index is 12.9. The SMILES string of the molecule is CCc1c(C(=O)C(=O)NC)c2c(OCC(=O)O)cccn2c1Cc1ccccc1. The van der Waals surface area contributed by atoms with Crippen molar-refractivity contribution in [2.45, 2.75) is 19.8 Å². The number of aromatic nitrogens is 1. The van der Waals surface area contributed by atoms with Crippen LogP contribution in [0, 0.1) is 0 Å². The lowest BCUT2D eigenvalue weighted by Crippen LogP contribution is -2.28. The van der Waals surface area contributed by atoms with Crippen LogP contribution in [0.5, 0.6) is 5.75 Å². The Morgan fingerprint density at radius 3 is 2.45 bits per heavy atom. The van der Waals surface area contributed by atoms with Crippen molar-refractivity contribution in [3.63, 3.8) is 0 Å². The zero-order valence-corrected chi connectivity index (χ0v) is 16.3. The maximum Gasteiger partial charge on any atom is 0.341 e. The quantitative estimate of drug-likeness (QED) is 0.452. The molecule has 1 amide bonds. The average molecular weight is 394 g/mol. The molecule has 0 saturated heterocycles. The Bertz CT molecular complexity index is 1070. The van der Waals surface area contributed by atoms with Gasteiger partial charge in [0.15, 0.2) is 6.61 Å². The number of nitrogens with one attached hydrogen (secondary N) is 1. The molecule has 2 heterocycles. The van der Waals surface area contributed by atoms with E-state index in [1.807, 2.05) is 41.7 Å². The highest BCUT2D eigenvalue weighted by Gasteiger charge is 2.28. The van der Waals surface area contributed by atoms with Crippen LogP contribution in [0.4, 0.5) is 0 Å². The zero-order valence-electron chi connectivity index (χ0n) is 16.3. The molecule has 3 aromatic rings. The van der Waals surface area contributed by atoms with Crippen molar-refractivity contribution < 1.29 is 24.2 Å². The van der Waals surface area contributed by atoms with Crippen LogP contribution in [0.1, 0.15) is 34.1 Å². The number of ether oxygens (including phenoxy) is 1. The number of fused-ring (bicyclic) bond motifs is 1. The van der Waals surface area contributed by atoms with Crippen LogP contribution in [0.2, 0.25) is 0 Å². The molecule has 2 aromatic heterocycles. The van der Waals surface area contributed by atoms with E-state index < -0.39 is 24.3 Å². The minimum absolute atomic E-state index is 0.246. The molecule has 0 aliphatic carbocycles. The van der Waals surface area contributed by atoms with E-state index in [1.54, 1.807) is 18.3 Å². The third kappa shape index (κ3) is 3.99. The Morgan fingerprint density at radius 1 is 1.10 bits per heavy atom. The van der Waals surface area contributed by atoms with Gasteiger partial charge in [-0.05, 0) is 29.7 Å². The lowest BCUT2D eigenvalue weighted by molar-refractivity contribution is -0.139. The van der Waals surface area contributed by atoms with E-state index in [2.05, 4.69) is 5.32 Å². The number of carboxylic acid groups (broad SMARTS) is 1. The first-order chi connectivity index (χ1) is 14.0. The molecule has 7 nitrogen and oxygen atoms in total. The van der Waals surface area contributed by atoms with Gasteiger partial charge < -0.3 is 19.6 Å². The molecule has 1 aromatic carbocycles. The molecular weight excluding hydrogens is 372 g/mol. The summed E-state index contributed by atoms with van der Waals surface area (Å²) >= 11 is 0. The second-order valence-corrected chi connectivity index (χ2v) is 6.50. The molecule has 150 valence electrons. The van der Waals surface area contributed by atoms with E-state index in [0.29, 0.717) is 18.4 Å². The lowest BCUT2D eigenvalue weighted by Gasteiger charge is -2.09. The summed E-state index contributed by atoms with van der Waals surface area (Å²) in [5, 5.41) is 11.4. The molecule has 0 saturated carbocycles. The molecule has 0 spiro atoms. The number of amides is 1. The number of benzene rings is 1. The van der Waals surface area contributed by atoms with E-state index >= 15 is 0 Å². The number of carbonyl (C=O) groups excluding carboxylic acids is 2. The first-order valence-electron chi connectivity index (χ1n) is 9.27. The second kappa shape index (κ2) is 8.60. The van der Waals surface area contributed by atoms with E-state index in [4.69, 9.17) is 9.84 Å². The van der Waals surface area contributed by atoms with E-state index in [0.717, 1.165) is 16.8 Å². The Hall–Kier alpha value is -3.61.